The van der Waals surface area contributed by atoms with Gasteiger partial charge in [0.25, 0.3) is 11.7 Å². The average molecular weight is 496 g/mol. The predicted octanol–water partition coefficient (Wildman–Crippen LogP) is 4.65. The largest absolute Gasteiger partial charge is 0.507 e. The second-order valence-electron chi connectivity index (χ2n) is 8.94. The molecular weight excluding hydrogens is 470 g/mol. The maximum absolute atomic E-state index is 13.4. The smallest absolute Gasteiger partial charge is 0.337 e. The number of aromatic nitrogens is 1. The third-order valence-electron chi connectivity index (χ3n) is 6.58. The quantitative estimate of drug-likeness (QED) is 0.181. The standard InChI is InChI=1S/C29H25N3O5/c1-31(2)19-12-8-17(9-13-19)25-24(26(33)22-16-30-23-7-5-4-6-21(22)23)27(34)28(35)32(25)20-14-10-18(11-15-20)29(36)37-3/h4-16,25,30,33H,1-3H3/b26-24-. The Balaban J connectivity index is 1.69. The van der Waals surface area contributed by atoms with Crippen molar-refractivity contribution in [2.24, 2.45) is 0 Å². The van der Waals surface area contributed by atoms with Gasteiger partial charge >= 0.3 is 5.97 Å². The van der Waals surface area contributed by atoms with Gasteiger partial charge in [-0.15, -0.1) is 0 Å². The maximum atomic E-state index is 13.4. The van der Waals surface area contributed by atoms with Gasteiger partial charge in [-0.1, -0.05) is 30.3 Å². The summed E-state index contributed by atoms with van der Waals surface area (Å²) in [6.07, 6.45) is 1.63. The van der Waals surface area contributed by atoms with Crippen molar-refractivity contribution >= 4 is 45.7 Å². The van der Waals surface area contributed by atoms with Crippen molar-refractivity contribution in [3.05, 3.63) is 101 Å². The normalized spacial score (nSPS) is 16.8. The summed E-state index contributed by atoms with van der Waals surface area (Å²) in [6, 6.07) is 20.2. The summed E-state index contributed by atoms with van der Waals surface area (Å²) in [4.78, 5) is 45.2. The Morgan fingerprint density at radius 3 is 2.30 bits per heavy atom. The molecule has 1 aromatic heterocycles. The minimum Gasteiger partial charge on any atom is -0.507 e. The number of nitrogens with zero attached hydrogens (tertiary/aromatic N) is 2. The van der Waals surface area contributed by atoms with Crippen LogP contribution in [0.4, 0.5) is 11.4 Å². The zero-order chi connectivity index (χ0) is 26.3. The lowest BCUT2D eigenvalue weighted by atomic mass is 9.94. The Morgan fingerprint density at radius 2 is 1.65 bits per heavy atom. The van der Waals surface area contributed by atoms with Crippen LogP contribution in [0, 0.1) is 0 Å². The van der Waals surface area contributed by atoms with E-state index in [1.165, 1.54) is 24.1 Å². The van der Waals surface area contributed by atoms with Gasteiger partial charge in [0.05, 0.1) is 24.3 Å². The SMILES string of the molecule is COC(=O)c1ccc(N2C(=O)C(=O)/C(=C(\O)c3c[nH]c4ccccc34)C2c2ccc(N(C)C)cc2)cc1. The van der Waals surface area contributed by atoms with Crippen LogP contribution in [0.15, 0.2) is 84.6 Å². The van der Waals surface area contributed by atoms with E-state index in [1.54, 1.807) is 18.3 Å². The molecule has 1 saturated heterocycles. The van der Waals surface area contributed by atoms with Gasteiger partial charge < -0.3 is 19.7 Å². The summed E-state index contributed by atoms with van der Waals surface area (Å²) in [5.74, 6) is -2.33. The van der Waals surface area contributed by atoms with E-state index in [9.17, 15) is 19.5 Å². The topological polar surface area (TPSA) is 103 Å². The fraction of sp³-hybridized carbons (Fsp3) is 0.138. The van der Waals surface area contributed by atoms with E-state index >= 15 is 0 Å². The molecule has 1 aliphatic heterocycles. The molecule has 0 spiro atoms. The molecule has 186 valence electrons. The van der Waals surface area contributed by atoms with E-state index in [-0.39, 0.29) is 11.3 Å². The number of ether oxygens (including phenoxy) is 1. The molecule has 1 aliphatic rings. The molecule has 0 aliphatic carbocycles. The number of para-hydroxylation sites is 1. The first-order valence-electron chi connectivity index (χ1n) is 11.6. The molecule has 1 atom stereocenters. The zero-order valence-corrected chi connectivity index (χ0v) is 20.6. The number of aromatic amines is 1. The number of Topliss-reactive ketones (excluding diaryl/α,β-unsaturated/α-hetero) is 1. The summed E-state index contributed by atoms with van der Waals surface area (Å²) in [7, 11) is 5.12. The van der Waals surface area contributed by atoms with Crippen LogP contribution < -0.4 is 9.80 Å². The number of rotatable bonds is 5. The van der Waals surface area contributed by atoms with Crippen molar-refractivity contribution in [2.45, 2.75) is 6.04 Å². The highest BCUT2D eigenvalue weighted by atomic mass is 16.5. The Hall–Kier alpha value is -4.85. The number of aliphatic hydroxyl groups excluding tert-OH is 1. The van der Waals surface area contributed by atoms with Crippen LogP contribution in [0.25, 0.3) is 16.7 Å². The third-order valence-corrected chi connectivity index (χ3v) is 6.58. The van der Waals surface area contributed by atoms with Crippen molar-refractivity contribution in [3.63, 3.8) is 0 Å². The van der Waals surface area contributed by atoms with Gasteiger partial charge in [0.1, 0.15) is 5.76 Å². The minimum atomic E-state index is -0.881. The first-order chi connectivity index (χ1) is 17.8. The molecule has 1 amide bonds. The number of methoxy groups -OCH3 is 1. The van der Waals surface area contributed by atoms with Crippen molar-refractivity contribution in [3.8, 4) is 0 Å². The number of anilines is 2. The number of fused-ring (bicyclic) bond motifs is 1. The van der Waals surface area contributed by atoms with Crippen molar-refractivity contribution in [1.82, 2.24) is 4.98 Å². The van der Waals surface area contributed by atoms with E-state index in [1.807, 2.05) is 67.5 Å². The molecule has 0 saturated carbocycles. The molecule has 3 aromatic carbocycles. The van der Waals surface area contributed by atoms with Gasteiger partial charge in [-0.2, -0.15) is 0 Å². The predicted molar refractivity (Wildman–Crippen MR) is 142 cm³/mol. The van der Waals surface area contributed by atoms with Crippen LogP contribution >= 0.6 is 0 Å². The highest BCUT2D eigenvalue weighted by molar-refractivity contribution is 6.51. The van der Waals surface area contributed by atoms with Gasteiger partial charge in [0.15, 0.2) is 0 Å². The molecule has 1 fully saturated rings. The van der Waals surface area contributed by atoms with Crippen LogP contribution in [0.2, 0.25) is 0 Å². The highest BCUT2D eigenvalue weighted by Gasteiger charge is 2.47. The van der Waals surface area contributed by atoms with Crippen LogP contribution in [0.5, 0.6) is 0 Å². The lowest BCUT2D eigenvalue weighted by Crippen LogP contribution is -2.29. The summed E-state index contributed by atoms with van der Waals surface area (Å²) in [5, 5.41) is 12.2. The molecule has 8 heteroatoms. The molecule has 8 nitrogen and oxygen atoms in total. The first-order valence-corrected chi connectivity index (χ1v) is 11.6. The Bertz CT molecular complexity index is 1550. The van der Waals surface area contributed by atoms with Crippen LogP contribution in [0.1, 0.15) is 27.5 Å². The van der Waals surface area contributed by atoms with Crippen molar-refractivity contribution in [2.75, 3.05) is 31.0 Å². The van der Waals surface area contributed by atoms with E-state index in [0.717, 1.165) is 16.6 Å². The second-order valence-corrected chi connectivity index (χ2v) is 8.94. The number of hydrogen-bond donors (Lipinski definition) is 2. The number of H-pyrrole nitrogens is 1. The van der Waals surface area contributed by atoms with Crippen LogP contribution in [-0.2, 0) is 14.3 Å². The Morgan fingerprint density at radius 1 is 0.973 bits per heavy atom. The number of nitrogens with one attached hydrogen (secondary N) is 1. The molecule has 0 bridgehead atoms. The highest BCUT2D eigenvalue weighted by Crippen LogP contribution is 2.43. The molecule has 4 aromatic rings. The van der Waals surface area contributed by atoms with E-state index in [4.69, 9.17) is 4.74 Å². The Kier molecular flexibility index (Phi) is 6.01. The Labute approximate surface area is 213 Å². The zero-order valence-electron chi connectivity index (χ0n) is 20.6. The van der Waals surface area contributed by atoms with Gasteiger partial charge in [0.2, 0.25) is 0 Å². The molecular formula is C29H25N3O5. The van der Waals surface area contributed by atoms with E-state index in [2.05, 4.69) is 4.98 Å². The van der Waals surface area contributed by atoms with Crippen molar-refractivity contribution in [1.29, 1.82) is 0 Å². The fourth-order valence-electron chi connectivity index (χ4n) is 4.66. The van der Waals surface area contributed by atoms with E-state index < -0.39 is 23.7 Å². The second kappa shape index (κ2) is 9.31. The van der Waals surface area contributed by atoms with Gasteiger partial charge in [-0.05, 0) is 48.0 Å². The number of amides is 1. The first kappa shape index (κ1) is 23.9. The maximum Gasteiger partial charge on any atom is 0.337 e. The number of benzene rings is 3. The minimum absolute atomic E-state index is 0.00981. The van der Waals surface area contributed by atoms with Gasteiger partial charge in [-0.25, -0.2) is 4.79 Å². The van der Waals surface area contributed by atoms with Gasteiger partial charge in [-0.3, -0.25) is 14.5 Å². The molecule has 2 heterocycles. The number of carbonyl (C=O) groups is 3. The van der Waals surface area contributed by atoms with Gasteiger partial charge in [0, 0.05) is 48.1 Å². The summed E-state index contributed by atoms with van der Waals surface area (Å²) < 4.78 is 4.76. The fourth-order valence-corrected chi connectivity index (χ4v) is 4.66. The molecule has 1 unspecified atom stereocenters. The number of ketones is 1. The average Bonchev–Trinajstić information content (AvgIpc) is 3.47. The number of aliphatic hydroxyl groups is 1. The molecule has 5 rings (SSSR count). The summed E-state index contributed by atoms with van der Waals surface area (Å²) in [5.41, 5.74) is 3.54. The third kappa shape index (κ3) is 4.02. The lowest BCUT2D eigenvalue weighted by molar-refractivity contribution is -0.132. The molecule has 37 heavy (non-hydrogen) atoms. The summed E-state index contributed by atoms with van der Waals surface area (Å²) in [6.45, 7) is 0. The molecule has 2 N–H and O–H groups in total. The van der Waals surface area contributed by atoms with Crippen LogP contribution in [-0.4, -0.2) is 49.0 Å². The molecule has 0 radical (unpaired) electrons. The lowest BCUT2D eigenvalue weighted by Gasteiger charge is -2.26. The van der Waals surface area contributed by atoms with Crippen molar-refractivity contribution < 1.29 is 24.2 Å². The van der Waals surface area contributed by atoms with Crippen LogP contribution in [0.3, 0.4) is 0 Å². The van der Waals surface area contributed by atoms with E-state index in [0.29, 0.717) is 22.4 Å². The number of esters is 1. The number of hydrogen-bond acceptors (Lipinski definition) is 6. The monoisotopic (exact) mass is 495 g/mol. The number of carbonyl (C=O) groups excluding carboxylic acids is 3. The summed E-state index contributed by atoms with van der Waals surface area (Å²) >= 11 is 0.